The van der Waals surface area contributed by atoms with Crippen molar-refractivity contribution in [3.63, 3.8) is 0 Å². The molecule has 0 bridgehead atoms. The summed E-state index contributed by atoms with van der Waals surface area (Å²) in [7, 11) is -1.61. The van der Waals surface area contributed by atoms with E-state index in [0.29, 0.717) is 24.4 Å². The normalized spacial score (nSPS) is 23.5. The molecule has 2 amide bonds. The number of nitrogens with zero attached hydrogens (tertiary/aromatic N) is 2. The van der Waals surface area contributed by atoms with Gasteiger partial charge in [0.15, 0.2) is 15.9 Å². The number of carbonyl (C=O) groups excluding carboxylic acids is 3. The Hall–Kier alpha value is -2.62. The highest BCUT2D eigenvalue weighted by Gasteiger charge is 2.39. The van der Waals surface area contributed by atoms with Gasteiger partial charge >= 0.3 is 5.97 Å². The SMILES string of the molecule is CCN(C(=O)C(C)OC(=O)C1CC(=O)N(c2cccc(OC)c2)C1)C1CCS(=O)(=O)C1. The number of sulfone groups is 1. The molecule has 3 unspecified atom stereocenters. The Morgan fingerprint density at radius 3 is 2.68 bits per heavy atom. The Kier molecular flexibility index (Phi) is 6.88. The van der Waals surface area contributed by atoms with Crippen LogP contribution in [0.25, 0.3) is 0 Å². The van der Waals surface area contributed by atoms with Crippen LogP contribution in [0.1, 0.15) is 26.7 Å². The summed E-state index contributed by atoms with van der Waals surface area (Å²) in [6, 6.07) is 6.59. The van der Waals surface area contributed by atoms with E-state index in [1.54, 1.807) is 31.2 Å². The number of anilines is 1. The molecule has 0 saturated carbocycles. The fourth-order valence-electron chi connectivity index (χ4n) is 4.06. The van der Waals surface area contributed by atoms with Gasteiger partial charge in [0.1, 0.15) is 5.75 Å². The molecule has 170 valence electrons. The lowest BCUT2D eigenvalue weighted by Crippen LogP contribution is -2.46. The van der Waals surface area contributed by atoms with Gasteiger partial charge in [-0.15, -0.1) is 0 Å². The lowest BCUT2D eigenvalue weighted by molar-refractivity contribution is -0.162. The van der Waals surface area contributed by atoms with Crippen molar-refractivity contribution in [1.82, 2.24) is 4.90 Å². The van der Waals surface area contributed by atoms with E-state index in [2.05, 4.69) is 0 Å². The van der Waals surface area contributed by atoms with Gasteiger partial charge in [-0.25, -0.2) is 8.42 Å². The molecule has 1 aromatic rings. The summed E-state index contributed by atoms with van der Waals surface area (Å²) in [4.78, 5) is 40.9. The molecular formula is C21H28N2O7S. The Morgan fingerprint density at radius 2 is 2.06 bits per heavy atom. The van der Waals surface area contributed by atoms with Crippen LogP contribution in [-0.2, 0) is 29.0 Å². The highest BCUT2D eigenvalue weighted by molar-refractivity contribution is 7.91. The number of hydrogen-bond donors (Lipinski definition) is 0. The minimum atomic E-state index is -3.14. The van der Waals surface area contributed by atoms with Gasteiger partial charge in [0.2, 0.25) is 5.91 Å². The fraction of sp³-hybridized carbons (Fsp3) is 0.571. The van der Waals surface area contributed by atoms with Crippen LogP contribution in [0.15, 0.2) is 24.3 Å². The lowest BCUT2D eigenvalue weighted by Gasteiger charge is -2.29. The Labute approximate surface area is 182 Å². The summed E-state index contributed by atoms with van der Waals surface area (Å²) < 4.78 is 34.1. The summed E-state index contributed by atoms with van der Waals surface area (Å²) >= 11 is 0. The molecule has 2 aliphatic rings. The van der Waals surface area contributed by atoms with E-state index >= 15 is 0 Å². The largest absolute Gasteiger partial charge is 0.497 e. The van der Waals surface area contributed by atoms with E-state index in [-0.39, 0.29) is 30.4 Å². The number of benzene rings is 1. The molecule has 3 rings (SSSR count). The Bertz CT molecular complexity index is 962. The number of rotatable bonds is 7. The molecule has 0 aromatic heterocycles. The van der Waals surface area contributed by atoms with Gasteiger partial charge in [0, 0.05) is 37.3 Å². The first-order chi connectivity index (χ1) is 14.6. The second kappa shape index (κ2) is 9.25. The monoisotopic (exact) mass is 452 g/mol. The predicted molar refractivity (Wildman–Crippen MR) is 113 cm³/mol. The van der Waals surface area contributed by atoms with E-state index in [4.69, 9.17) is 9.47 Å². The van der Waals surface area contributed by atoms with Crippen molar-refractivity contribution in [3.05, 3.63) is 24.3 Å². The highest BCUT2D eigenvalue weighted by Crippen LogP contribution is 2.29. The van der Waals surface area contributed by atoms with Crippen LogP contribution in [0.5, 0.6) is 5.75 Å². The van der Waals surface area contributed by atoms with E-state index in [1.165, 1.54) is 23.8 Å². The third-order valence-electron chi connectivity index (χ3n) is 5.74. The Balaban J connectivity index is 1.61. The number of esters is 1. The van der Waals surface area contributed by atoms with Crippen LogP contribution in [0.4, 0.5) is 5.69 Å². The summed E-state index contributed by atoms with van der Waals surface area (Å²) in [6.45, 7) is 3.72. The van der Waals surface area contributed by atoms with Crippen molar-refractivity contribution >= 4 is 33.3 Å². The predicted octanol–water partition coefficient (Wildman–Crippen LogP) is 1.02. The van der Waals surface area contributed by atoms with Crippen LogP contribution in [0.3, 0.4) is 0 Å². The maximum absolute atomic E-state index is 12.8. The molecule has 1 aromatic carbocycles. The standard InChI is InChI=1S/C21H28N2O7S/c1-4-22(17-8-9-31(27,28)13-17)20(25)14(2)30-21(26)15-10-19(24)23(12-15)16-6-5-7-18(11-16)29-3/h5-7,11,14-15,17H,4,8-10,12-13H2,1-3H3. The van der Waals surface area contributed by atoms with Crippen LogP contribution >= 0.6 is 0 Å². The highest BCUT2D eigenvalue weighted by atomic mass is 32.2. The quantitative estimate of drug-likeness (QED) is 0.568. The first kappa shape index (κ1) is 23.1. The molecule has 9 nitrogen and oxygen atoms in total. The fourth-order valence-corrected chi connectivity index (χ4v) is 5.79. The number of methoxy groups -OCH3 is 1. The van der Waals surface area contributed by atoms with Crippen molar-refractivity contribution in [2.75, 3.05) is 36.6 Å². The molecule has 0 aliphatic carbocycles. The Morgan fingerprint density at radius 1 is 1.32 bits per heavy atom. The molecule has 2 aliphatic heterocycles. The van der Waals surface area contributed by atoms with Crippen molar-refractivity contribution in [3.8, 4) is 5.75 Å². The number of hydrogen-bond acceptors (Lipinski definition) is 7. The second-order valence-corrected chi connectivity index (χ2v) is 10.1. The average Bonchev–Trinajstić information content (AvgIpc) is 3.30. The van der Waals surface area contributed by atoms with Crippen molar-refractivity contribution in [1.29, 1.82) is 0 Å². The smallest absolute Gasteiger partial charge is 0.312 e. The van der Waals surface area contributed by atoms with Gasteiger partial charge in [-0.05, 0) is 32.4 Å². The van der Waals surface area contributed by atoms with Gasteiger partial charge < -0.3 is 19.3 Å². The second-order valence-electron chi connectivity index (χ2n) is 7.87. The van der Waals surface area contributed by atoms with E-state index in [0.717, 1.165) is 0 Å². The third-order valence-corrected chi connectivity index (χ3v) is 7.49. The van der Waals surface area contributed by atoms with Gasteiger partial charge in [-0.1, -0.05) is 6.07 Å². The van der Waals surface area contributed by atoms with E-state index < -0.39 is 39.8 Å². The maximum atomic E-state index is 12.8. The van der Waals surface area contributed by atoms with E-state index in [9.17, 15) is 22.8 Å². The molecule has 2 fully saturated rings. The van der Waals surface area contributed by atoms with Gasteiger partial charge in [0.25, 0.3) is 5.91 Å². The zero-order valence-electron chi connectivity index (χ0n) is 17.9. The minimum absolute atomic E-state index is 0.00465. The zero-order valence-corrected chi connectivity index (χ0v) is 18.8. The molecule has 0 N–H and O–H groups in total. The molecule has 0 radical (unpaired) electrons. The topological polar surface area (TPSA) is 110 Å². The molecule has 10 heteroatoms. The molecule has 2 heterocycles. The summed E-state index contributed by atoms with van der Waals surface area (Å²) in [5.74, 6) is -1.35. The van der Waals surface area contributed by atoms with Crippen LogP contribution in [0.2, 0.25) is 0 Å². The number of likely N-dealkylation sites (N-methyl/N-ethyl adjacent to an activating group) is 1. The van der Waals surface area contributed by atoms with E-state index in [1.807, 2.05) is 0 Å². The lowest BCUT2D eigenvalue weighted by atomic mass is 10.1. The average molecular weight is 453 g/mol. The molecule has 0 spiro atoms. The summed E-state index contributed by atoms with van der Waals surface area (Å²) in [6.07, 6.45) is -0.679. The van der Waals surface area contributed by atoms with Crippen LogP contribution < -0.4 is 9.64 Å². The third kappa shape index (κ3) is 5.17. The van der Waals surface area contributed by atoms with Crippen molar-refractivity contribution < 1.29 is 32.3 Å². The number of amides is 2. The van der Waals surface area contributed by atoms with Crippen LogP contribution in [0, 0.1) is 5.92 Å². The molecule has 2 saturated heterocycles. The maximum Gasteiger partial charge on any atom is 0.312 e. The van der Waals surface area contributed by atoms with Gasteiger partial charge in [-0.3, -0.25) is 14.4 Å². The van der Waals surface area contributed by atoms with Crippen molar-refractivity contribution in [2.24, 2.45) is 5.92 Å². The van der Waals surface area contributed by atoms with Gasteiger partial charge in [0.05, 0.1) is 24.5 Å². The summed E-state index contributed by atoms with van der Waals surface area (Å²) in [5.41, 5.74) is 0.628. The molecule has 3 atom stereocenters. The molecular weight excluding hydrogens is 424 g/mol. The van der Waals surface area contributed by atoms with Gasteiger partial charge in [-0.2, -0.15) is 0 Å². The minimum Gasteiger partial charge on any atom is -0.497 e. The summed E-state index contributed by atoms with van der Waals surface area (Å²) in [5, 5.41) is 0. The first-order valence-corrected chi connectivity index (χ1v) is 12.1. The molecule has 31 heavy (non-hydrogen) atoms. The zero-order chi connectivity index (χ0) is 22.8. The number of carbonyl (C=O) groups is 3. The number of ether oxygens (including phenoxy) is 2. The van der Waals surface area contributed by atoms with Crippen LogP contribution in [-0.4, -0.2) is 75.0 Å². The first-order valence-electron chi connectivity index (χ1n) is 10.3. The van der Waals surface area contributed by atoms with Crippen molar-refractivity contribution in [2.45, 2.75) is 38.8 Å².